The molecule has 3 rings (SSSR count). The van der Waals surface area contributed by atoms with Crippen LogP contribution in [-0.2, 0) is 6.54 Å². The summed E-state index contributed by atoms with van der Waals surface area (Å²) in [7, 11) is 0. The minimum Gasteiger partial charge on any atom is -0.319 e. The summed E-state index contributed by atoms with van der Waals surface area (Å²) in [6.07, 6.45) is 4.72. The predicted molar refractivity (Wildman–Crippen MR) is 73.1 cm³/mol. The first-order chi connectivity index (χ1) is 7.84. The van der Waals surface area contributed by atoms with Crippen molar-refractivity contribution in [3.63, 3.8) is 0 Å². The van der Waals surface area contributed by atoms with Gasteiger partial charge in [-0.1, -0.05) is 30.3 Å². The summed E-state index contributed by atoms with van der Waals surface area (Å²) in [6, 6.07) is 10.4. The highest BCUT2D eigenvalue weighted by atomic mass is 127. The molecule has 0 bridgehead atoms. The molecule has 0 atom stereocenters. The van der Waals surface area contributed by atoms with Gasteiger partial charge >= 0.3 is 0 Å². The van der Waals surface area contributed by atoms with Crippen LogP contribution < -0.4 is 0 Å². The van der Waals surface area contributed by atoms with Crippen molar-refractivity contribution in [3.05, 3.63) is 40.2 Å². The van der Waals surface area contributed by atoms with E-state index in [0.717, 1.165) is 18.3 Å². The fourth-order valence-corrected chi connectivity index (χ4v) is 2.47. The van der Waals surface area contributed by atoms with E-state index in [-0.39, 0.29) is 0 Å². The Morgan fingerprint density at radius 3 is 2.69 bits per heavy atom. The summed E-state index contributed by atoms with van der Waals surface area (Å²) < 4.78 is 3.58. The fraction of sp³-hybridized carbons (Fsp3) is 0.308. The monoisotopic (exact) mass is 324 g/mol. The van der Waals surface area contributed by atoms with Crippen molar-refractivity contribution >= 4 is 22.6 Å². The van der Waals surface area contributed by atoms with Crippen LogP contribution in [0.25, 0.3) is 11.4 Å². The van der Waals surface area contributed by atoms with E-state index in [9.17, 15) is 0 Å². The van der Waals surface area contributed by atoms with Gasteiger partial charge in [0.15, 0.2) is 0 Å². The summed E-state index contributed by atoms with van der Waals surface area (Å²) in [6.45, 7) is 1.13. The Morgan fingerprint density at radius 2 is 2.00 bits per heavy atom. The zero-order valence-electron chi connectivity index (χ0n) is 8.94. The van der Waals surface area contributed by atoms with Crippen molar-refractivity contribution in [3.8, 4) is 11.4 Å². The third-order valence-electron chi connectivity index (χ3n) is 2.98. The molecular formula is C13H13IN2. The number of halogens is 1. The van der Waals surface area contributed by atoms with E-state index in [1.165, 1.54) is 22.1 Å². The van der Waals surface area contributed by atoms with E-state index in [4.69, 9.17) is 0 Å². The van der Waals surface area contributed by atoms with Crippen LogP contribution in [0.1, 0.15) is 12.8 Å². The average Bonchev–Trinajstić information content (AvgIpc) is 3.06. The molecule has 3 heteroatoms. The van der Waals surface area contributed by atoms with Crippen LogP contribution in [0.4, 0.5) is 0 Å². The predicted octanol–water partition coefficient (Wildman–Crippen LogP) is 3.56. The lowest BCUT2D eigenvalue weighted by Crippen LogP contribution is -2.04. The Balaban J connectivity index is 2.00. The van der Waals surface area contributed by atoms with Crippen LogP contribution in [0.5, 0.6) is 0 Å². The number of benzene rings is 1. The molecule has 1 aromatic heterocycles. The van der Waals surface area contributed by atoms with Crippen LogP contribution in [0, 0.1) is 9.62 Å². The number of rotatable bonds is 3. The zero-order chi connectivity index (χ0) is 11.0. The van der Waals surface area contributed by atoms with Crippen molar-refractivity contribution < 1.29 is 0 Å². The zero-order valence-corrected chi connectivity index (χ0v) is 11.1. The molecule has 1 aliphatic carbocycles. The quantitative estimate of drug-likeness (QED) is 0.790. The molecule has 1 aliphatic rings. The Labute approximate surface area is 109 Å². The summed E-state index contributed by atoms with van der Waals surface area (Å²) in [5.74, 6) is 1.99. The fourth-order valence-electron chi connectivity index (χ4n) is 1.90. The first-order valence-corrected chi connectivity index (χ1v) is 6.69. The minimum absolute atomic E-state index is 0.880. The topological polar surface area (TPSA) is 17.8 Å². The molecule has 2 nitrogen and oxygen atoms in total. The number of hydrogen-bond donors (Lipinski definition) is 0. The van der Waals surface area contributed by atoms with E-state index in [2.05, 4.69) is 56.4 Å². The summed E-state index contributed by atoms with van der Waals surface area (Å²) in [5.41, 5.74) is 1.21. The summed E-state index contributed by atoms with van der Waals surface area (Å²) in [4.78, 5) is 4.52. The lowest BCUT2D eigenvalue weighted by molar-refractivity contribution is 0.622. The normalized spacial score (nSPS) is 15.3. The highest BCUT2D eigenvalue weighted by Crippen LogP contribution is 2.33. The second-order valence-corrected chi connectivity index (χ2v) is 5.43. The second kappa shape index (κ2) is 4.20. The molecule has 0 aliphatic heterocycles. The van der Waals surface area contributed by atoms with E-state index in [1.54, 1.807) is 0 Å². The Bertz CT molecular complexity index is 486. The van der Waals surface area contributed by atoms with E-state index >= 15 is 0 Å². The number of nitrogens with zero attached hydrogens (tertiary/aromatic N) is 2. The molecule has 0 radical (unpaired) electrons. The van der Waals surface area contributed by atoms with Gasteiger partial charge in [0.25, 0.3) is 0 Å². The second-order valence-electron chi connectivity index (χ2n) is 4.32. The van der Waals surface area contributed by atoms with Crippen molar-refractivity contribution in [1.82, 2.24) is 9.55 Å². The van der Waals surface area contributed by atoms with Gasteiger partial charge in [0.05, 0.1) is 9.90 Å². The van der Waals surface area contributed by atoms with Gasteiger partial charge in [-0.2, -0.15) is 0 Å². The molecule has 0 N–H and O–H groups in total. The molecule has 0 saturated heterocycles. The maximum absolute atomic E-state index is 4.52. The molecule has 0 spiro atoms. The van der Waals surface area contributed by atoms with E-state index in [1.807, 2.05) is 12.3 Å². The van der Waals surface area contributed by atoms with Crippen LogP contribution in [0.2, 0.25) is 0 Å². The third kappa shape index (κ3) is 2.00. The van der Waals surface area contributed by atoms with E-state index < -0.39 is 0 Å². The SMILES string of the molecule is Ic1cnc(-c2ccccc2)n1CC1CC1. The molecule has 0 amide bonds. The van der Waals surface area contributed by atoms with Gasteiger partial charge in [0.1, 0.15) is 5.82 Å². The maximum Gasteiger partial charge on any atom is 0.140 e. The van der Waals surface area contributed by atoms with Gasteiger partial charge in [0, 0.05) is 12.1 Å². The van der Waals surface area contributed by atoms with Crippen LogP contribution in [-0.4, -0.2) is 9.55 Å². The first-order valence-electron chi connectivity index (χ1n) is 5.61. The molecule has 16 heavy (non-hydrogen) atoms. The minimum atomic E-state index is 0.880. The van der Waals surface area contributed by atoms with Gasteiger partial charge in [0.2, 0.25) is 0 Å². The highest BCUT2D eigenvalue weighted by molar-refractivity contribution is 14.1. The lowest BCUT2D eigenvalue weighted by atomic mass is 10.2. The molecule has 0 unspecified atom stereocenters. The van der Waals surface area contributed by atoms with Crippen molar-refractivity contribution in [2.45, 2.75) is 19.4 Å². The number of imidazole rings is 1. The molecule has 1 aromatic carbocycles. The molecule has 1 heterocycles. The van der Waals surface area contributed by atoms with Gasteiger partial charge < -0.3 is 4.57 Å². The molecular weight excluding hydrogens is 311 g/mol. The Kier molecular flexibility index (Phi) is 2.71. The van der Waals surface area contributed by atoms with Gasteiger partial charge in [-0.25, -0.2) is 4.98 Å². The highest BCUT2D eigenvalue weighted by Gasteiger charge is 2.24. The van der Waals surface area contributed by atoms with Crippen LogP contribution in [0.15, 0.2) is 36.5 Å². The Hall–Kier alpha value is -0.840. The van der Waals surface area contributed by atoms with Gasteiger partial charge in [-0.15, -0.1) is 0 Å². The summed E-state index contributed by atoms with van der Waals surface area (Å²) >= 11 is 2.37. The maximum atomic E-state index is 4.52. The standard InChI is InChI=1S/C13H13IN2/c14-12-8-15-13(11-4-2-1-3-5-11)16(12)9-10-6-7-10/h1-5,8,10H,6-7,9H2. The van der Waals surface area contributed by atoms with Crippen molar-refractivity contribution in [1.29, 1.82) is 0 Å². The smallest absolute Gasteiger partial charge is 0.140 e. The van der Waals surface area contributed by atoms with Gasteiger partial charge in [-0.05, 0) is 41.4 Å². The van der Waals surface area contributed by atoms with Gasteiger partial charge in [-0.3, -0.25) is 0 Å². The molecule has 1 fully saturated rings. The third-order valence-corrected chi connectivity index (χ3v) is 3.84. The van der Waals surface area contributed by atoms with Crippen LogP contribution in [0.3, 0.4) is 0 Å². The van der Waals surface area contributed by atoms with Crippen molar-refractivity contribution in [2.24, 2.45) is 5.92 Å². The average molecular weight is 324 g/mol. The van der Waals surface area contributed by atoms with Crippen LogP contribution >= 0.6 is 22.6 Å². The number of hydrogen-bond acceptors (Lipinski definition) is 1. The molecule has 2 aromatic rings. The van der Waals surface area contributed by atoms with E-state index in [0.29, 0.717) is 0 Å². The molecule has 82 valence electrons. The molecule has 1 saturated carbocycles. The summed E-state index contributed by atoms with van der Waals surface area (Å²) in [5, 5.41) is 0. The first kappa shape index (κ1) is 10.3. The number of aromatic nitrogens is 2. The largest absolute Gasteiger partial charge is 0.319 e. The Morgan fingerprint density at radius 1 is 1.25 bits per heavy atom. The lowest BCUT2D eigenvalue weighted by Gasteiger charge is -2.08. The van der Waals surface area contributed by atoms with Crippen molar-refractivity contribution in [2.75, 3.05) is 0 Å².